The number of nitrogens with two attached hydrogens (primary N) is 1. The molecule has 0 spiro atoms. The lowest BCUT2D eigenvalue weighted by Crippen LogP contribution is -2.37. The van der Waals surface area contributed by atoms with Crippen LogP contribution >= 0.6 is 0 Å². The van der Waals surface area contributed by atoms with Crippen LogP contribution in [0.1, 0.15) is 44.4 Å². The Bertz CT molecular complexity index is 416. The molecule has 3 nitrogen and oxygen atoms in total. The summed E-state index contributed by atoms with van der Waals surface area (Å²) in [5.74, 6) is 0. The van der Waals surface area contributed by atoms with Crippen LogP contribution in [0.15, 0.2) is 24.3 Å². The van der Waals surface area contributed by atoms with Crippen molar-refractivity contribution in [2.24, 2.45) is 5.73 Å². The van der Waals surface area contributed by atoms with Crippen molar-refractivity contribution < 1.29 is 4.74 Å². The summed E-state index contributed by atoms with van der Waals surface area (Å²) in [5.41, 5.74) is 9.10. The van der Waals surface area contributed by atoms with Gasteiger partial charge in [0.25, 0.3) is 0 Å². The zero-order valence-electron chi connectivity index (χ0n) is 13.2. The van der Waals surface area contributed by atoms with Crippen molar-refractivity contribution in [1.82, 2.24) is 4.90 Å². The van der Waals surface area contributed by atoms with E-state index in [9.17, 15) is 0 Å². The molecule has 2 rings (SSSR count). The Labute approximate surface area is 123 Å². The lowest BCUT2D eigenvalue weighted by molar-refractivity contribution is 0.156. The first-order chi connectivity index (χ1) is 9.38. The first kappa shape index (κ1) is 15.5. The SMILES string of the molecule is CN(CC(N)c1ccc(C(C)(C)C)cc1)C1CCOC1. The molecule has 1 fully saturated rings. The Morgan fingerprint density at radius 2 is 1.95 bits per heavy atom. The fourth-order valence-corrected chi connectivity index (χ4v) is 2.66. The van der Waals surface area contributed by atoms with Gasteiger partial charge in [0.1, 0.15) is 0 Å². The topological polar surface area (TPSA) is 38.5 Å². The minimum Gasteiger partial charge on any atom is -0.380 e. The van der Waals surface area contributed by atoms with Crippen LogP contribution < -0.4 is 5.73 Å². The molecule has 1 aliphatic rings. The summed E-state index contributed by atoms with van der Waals surface area (Å²) in [6, 6.07) is 9.33. The van der Waals surface area contributed by atoms with Gasteiger partial charge in [0, 0.05) is 25.2 Å². The second-order valence-electron chi connectivity index (χ2n) is 6.94. The Morgan fingerprint density at radius 3 is 2.45 bits per heavy atom. The fourth-order valence-electron chi connectivity index (χ4n) is 2.66. The van der Waals surface area contributed by atoms with E-state index in [1.54, 1.807) is 0 Å². The Morgan fingerprint density at radius 1 is 1.30 bits per heavy atom. The third kappa shape index (κ3) is 3.81. The van der Waals surface area contributed by atoms with E-state index in [0.29, 0.717) is 6.04 Å². The van der Waals surface area contributed by atoms with Crippen LogP contribution in [0.4, 0.5) is 0 Å². The largest absolute Gasteiger partial charge is 0.380 e. The van der Waals surface area contributed by atoms with E-state index < -0.39 is 0 Å². The molecule has 1 aromatic carbocycles. The molecule has 0 amide bonds. The summed E-state index contributed by atoms with van der Waals surface area (Å²) in [4.78, 5) is 2.33. The number of rotatable bonds is 4. The standard InChI is InChI=1S/C17H28N2O/c1-17(2,3)14-7-5-13(6-8-14)16(18)11-19(4)15-9-10-20-12-15/h5-8,15-16H,9-12,18H2,1-4H3. The van der Waals surface area contributed by atoms with Crippen molar-refractivity contribution in [1.29, 1.82) is 0 Å². The number of ether oxygens (including phenoxy) is 1. The molecule has 3 heteroatoms. The minimum atomic E-state index is 0.0645. The van der Waals surface area contributed by atoms with Gasteiger partial charge in [-0.1, -0.05) is 45.0 Å². The second kappa shape index (κ2) is 6.25. The molecular formula is C17H28N2O. The van der Waals surface area contributed by atoms with Gasteiger partial charge in [0.2, 0.25) is 0 Å². The van der Waals surface area contributed by atoms with Crippen molar-refractivity contribution in [3.8, 4) is 0 Å². The highest BCUT2D eigenvalue weighted by Gasteiger charge is 2.22. The maximum absolute atomic E-state index is 6.34. The van der Waals surface area contributed by atoms with Gasteiger partial charge in [0.05, 0.1) is 6.61 Å². The molecule has 0 bridgehead atoms. The van der Waals surface area contributed by atoms with E-state index in [-0.39, 0.29) is 11.5 Å². The molecule has 1 aliphatic heterocycles. The highest BCUT2D eigenvalue weighted by atomic mass is 16.5. The van der Waals surface area contributed by atoms with Gasteiger partial charge in [-0.25, -0.2) is 0 Å². The summed E-state index contributed by atoms with van der Waals surface area (Å²) in [6.45, 7) is 9.29. The smallest absolute Gasteiger partial charge is 0.0622 e. The average molecular weight is 276 g/mol. The van der Waals surface area contributed by atoms with Crippen LogP contribution in [-0.2, 0) is 10.2 Å². The highest BCUT2D eigenvalue weighted by molar-refractivity contribution is 5.29. The van der Waals surface area contributed by atoms with E-state index in [4.69, 9.17) is 10.5 Å². The first-order valence-electron chi connectivity index (χ1n) is 7.52. The van der Waals surface area contributed by atoms with Gasteiger partial charge < -0.3 is 10.5 Å². The zero-order chi connectivity index (χ0) is 14.8. The third-order valence-corrected chi connectivity index (χ3v) is 4.22. The van der Waals surface area contributed by atoms with Crippen molar-refractivity contribution in [3.05, 3.63) is 35.4 Å². The maximum Gasteiger partial charge on any atom is 0.0622 e. The number of nitrogens with zero attached hydrogens (tertiary/aromatic N) is 1. The van der Waals surface area contributed by atoms with Crippen LogP contribution in [0.5, 0.6) is 0 Å². The lowest BCUT2D eigenvalue weighted by atomic mass is 9.86. The van der Waals surface area contributed by atoms with Crippen molar-refractivity contribution in [2.75, 3.05) is 26.8 Å². The van der Waals surface area contributed by atoms with Gasteiger partial charge in [-0.2, -0.15) is 0 Å². The monoisotopic (exact) mass is 276 g/mol. The van der Waals surface area contributed by atoms with Gasteiger partial charge in [-0.3, -0.25) is 4.90 Å². The van der Waals surface area contributed by atoms with Gasteiger partial charge in [-0.15, -0.1) is 0 Å². The lowest BCUT2D eigenvalue weighted by Gasteiger charge is -2.26. The Balaban J connectivity index is 1.96. The van der Waals surface area contributed by atoms with Gasteiger partial charge in [0.15, 0.2) is 0 Å². The molecule has 2 unspecified atom stereocenters. The van der Waals surface area contributed by atoms with Crippen LogP contribution in [0.2, 0.25) is 0 Å². The Hall–Kier alpha value is -0.900. The number of benzene rings is 1. The molecule has 1 heterocycles. The van der Waals surface area contributed by atoms with E-state index in [2.05, 4.69) is 57.0 Å². The number of hydrogen-bond donors (Lipinski definition) is 1. The molecule has 0 aromatic heterocycles. The third-order valence-electron chi connectivity index (χ3n) is 4.22. The highest BCUT2D eigenvalue weighted by Crippen LogP contribution is 2.24. The summed E-state index contributed by atoms with van der Waals surface area (Å²) < 4.78 is 5.44. The quantitative estimate of drug-likeness (QED) is 0.919. The van der Waals surface area contributed by atoms with Crippen molar-refractivity contribution >= 4 is 0 Å². The zero-order valence-corrected chi connectivity index (χ0v) is 13.2. The predicted octanol–water partition coefficient (Wildman–Crippen LogP) is 2.70. The predicted molar refractivity (Wildman–Crippen MR) is 83.9 cm³/mol. The van der Waals surface area contributed by atoms with Crippen molar-refractivity contribution in [2.45, 2.75) is 44.7 Å². The average Bonchev–Trinajstić information content (AvgIpc) is 2.91. The van der Waals surface area contributed by atoms with Crippen LogP contribution in [0.3, 0.4) is 0 Å². The molecule has 0 aliphatic carbocycles. The number of likely N-dealkylation sites (N-methyl/N-ethyl adjacent to an activating group) is 1. The van der Waals surface area contributed by atoms with E-state index in [1.165, 1.54) is 11.1 Å². The summed E-state index contributed by atoms with van der Waals surface area (Å²) in [7, 11) is 2.14. The molecule has 0 radical (unpaired) electrons. The summed E-state index contributed by atoms with van der Waals surface area (Å²) in [5, 5.41) is 0. The fraction of sp³-hybridized carbons (Fsp3) is 0.647. The number of hydrogen-bond acceptors (Lipinski definition) is 3. The van der Waals surface area contributed by atoms with Crippen LogP contribution in [0.25, 0.3) is 0 Å². The molecule has 1 aromatic rings. The molecule has 20 heavy (non-hydrogen) atoms. The molecule has 2 atom stereocenters. The van der Waals surface area contributed by atoms with Gasteiger partial charge >= 0.3 is 0 Å². The normalized spacial score (nSPS) is 21.4. The summed E-state index contributed by atoms with van der Waals surface area (Å²) in [6.07, 6.45) is 1.12. The van der Waals surface area contributed by atoms with Crippen molar-refractivity contribution in [3.63, 3.8) is 0 Å². The van der Waals surface area contributed by atoms with Crippen LogP contribution in [-0.4, -0.2) is 37.7 Å². The Kier molecular flexibility index (Phi) is 4.84. The van der Waals surface area contributed by atoms with Crippen LogP contribution in [0, 0.1) is 0 Å². The molecule has 0 saturated carbocycles. The minimum absolute atomic E-state index is 0.0645. The van der Waals surface area contributed by atoms with E-state index in [0.717, 1.165) is 26.2 Å². The van der Waals surface area contributed by atoms with E-state index in [1.807, 2.05) is 0 Å². The first-order valence-corrected chi connectivity index (χ1v) is 7.52. The molecule has 1 saturated heterocycles. The summed E-state index contributed by atoms with van der Waals surface area (Å²) >= 11 is 0. The van der Waals surface area contributed by atoms with E-state index >= 15 is 0 Å². The molecule has 2 N–H and O–H groups in total. The van der Waals surface area contributed by atoms with Gasteiger partial charge in [-0.05, 0) is 30.0 Å². The molecular weight excluding hydrogens is 248 g/mol. The maximum atomic E-state index is 6.34. The second-order valence-corrected chi connectivity index (χ2v) is 6.94. The molecule has 112 valence electrons.